The van der Waals surface area contributed by atoms with Crippen molar-refractivity contribution in [2.45, 2.75) is 0 Å². The quantitative estimate of drug-likeness (QED) is 0.224. The van der Waals surface area contributed by atoms with Gasteiger partial charge in [-0.1, -0.05) is 48.2 Å². The van der Waals surface area contributed by atoms with Crippen LogP contribution in [0.5, 0.6) is 5.75 Å². The Labute approximate surface area is 159 Å². The molecule has 6 nitrogen and oxygen atoms in total. The average molecular weight is 390 g/mol. The van der Waals surface area contributed by atoms with Crippen LogP contribution in [0.4, 0.5) is 11.4 Å². The van der Waals surface area contributed by atoms with Crippen LogP contribution in [0.25, 0.3) is 0 Å². The molecule has 3 aromatic carbocycles. The summed E-state index contributed by atoms with van der Waals surface area (Å²) in [5.74, 6) is 0.467. The number of hydrogen-bond acceptors (Lipinski definition) is 5. The summed E-state index contributed by atoms with van der Waals surface area (Å²) in [6, 6.07) is 26.7. The summed E-state index contributed by atoms with van der Waals surface area (Å²) in [4.78, 5) is 0. The molecule has 0 spiro atoms. The molecule has 0 aliphatic heterocycles. The first-order valence-electron chi connectivity index (χ1n) is 7.52. The van der Waals surface area contributed by atoms with Gasteiger partial charge >= 0.3 is 19.5 Å². The van der Waals surface area contributed by atoms with Crippen LogP contribution in [0.3, 0.4) is 0 Å². The van der Waals surface area contributed by atoms with Gasteiger partial charge in [-0.05, 0) is 12.1 Å². The van der Waals surface area contributed by atoms with Crippen LogP contribution in [0.15, 0.2) is 94.2 Å². The van der Waals surface area contributed by atoms with E-state index in [1.54, 1.807) is 30.3 Å². The summed E-state index contributed by atoms with van der Waals surface area (Å²) in [7, 11) is 0. The van der Waals surface area contributed by atoms with Crippen molar-refractivity contribution in [3.8, 4) is 5.75 Å². The molecule has 133 valence electrons. The SMILES string of the molecule is Oc1ccccc1N=NC(=NNc1[c-]cccc1)c1ccccc1.[O]=[Co]. The van der Waals surface area contributed by atoms with E-state index in [2.05, 4.69) is 42.5 Å². The van der Waals surface area contributed by atoms with Crippen molar-refractivity contribution >= 4 is 17.2 Å². The second-order valence-electron chi connectivity index (χ2n) is 4.88. The summed E-state index contributed by atoms with van der Waals surface area (Å²) in [6.45, 7) is 0. The number of amidine groups is 1. The van der Waals surface area contributed by atoms with E-state index < -0.39 is 0 Å². The Hall–Kier alpha value is -3.16. The van der Waals surface area contributed by atoms with E-state index in [1.165, 1.54) is 0 Å². The van der Waals surface area contributed by atoms with Crippen LogP contribution in [0.2, 0.25) is 0 Å². The van der Waals surface area contributed by atoms with Crippen molar-refractivity contribution in [2.24, 2.45) is 15.3 Å². The molecule has 0 fully saturated rings. The van der Waals surface area contributed by atoms with Gasteiger partial charge in [0.15, 0.2) is 0 Å². The number of azo groups is 1. The van der Waals surface area contributed by atoms with Crippen LogP contribution in [-0.2, 0) is 19.5 Å². The molecule has 0 aliphatic carbocycles. The summed E-state index contributed by atoms with van der Waals surface area (Å²) in [6.07, 6.45) is 0. The zero-order valence-electron chi connectivity index (χ0n) is 13.5. The van der Waals surface area contributed by atoms with Gasteiger partial charge in [0.05, 0.1) is 0 Å². The second-order valence-corrected chi connectivity index (χ2v) is 4.88. The predicted octanol–water partition coefficient (Wildman–Crippen LogP) is 4.63. The van der Waals surface area contributed by atoms with Crippen molar-refractivity contribution < 1.29 is 24.6 Å². The van der Waals surface area contributed by atoms with Crippen LogP contribution in [0.1, 0.15) is 5.56 Å². The first kappa shape index (κ1) is 19.2. The van der Waals surface area contributed by atoms with Crippen molar-refractivity contribution in [1.29, 1.82) is 0 Å². The number of hydrogen-bond donors (Lipinski definition) is 2. The van der Waals surface area contributed by atoms with Gasteiger partial charge < -0.3 is 10.5 Å². The third-order valence-corrected chi connectivity index (χ3v) is 3.16. The molecule has 0 aliphatic rings. The molecule has 0 saturated carbocycles. The standard InChI is InChI=1S/C19H15N4O.Co.O/c24-18-14-8-7-13-17(18)21-23-19(15-9-3-1-4-10-15)22-20-16-11-5-2-6-12-16;;/h1-11,13-14,20,24H;;/q-1;;. The maximum atomic E-state index is 9.79. The molecule has 0 bridgehead atoms. The molecule has 3 aromatic rings. The van der Waals surface area contributed by atoms with Gasteiger partial charge in [0, 0.05) is 5.56 Å². The number of nitrogens with one attached hydrogen (secondary N) is 1. The molecule has 0 aromatic heterocycles. The molecule has 0 atom stereocenters. The normalized spacial score (nSPS) is 10.9. The Morgan fingerprint density at radius 1 is 0.923 bits per heavy atom. The van der Waals surface area contributed by atoms with Crippen molar-refractivity contribution in [3.05, 3.63) is 90.5 Å². The third-order valence-electron chi connectivity index (χ3n) is 3.16. The fraction of sp³-hybridized carbons (Fsp3) is 0. The number of hydrazone groups is 1. The molecule has 7 heteroatoms. The monoisotopic (exact) mass is 390 g/mol. The van der Waals surface area contributed by atoms with Crippen LogP contribution < -0.4 is 5.43 Å². The van der Waals surface area contributed by atoms with E-state index in [0.717, 1.165) is 11.3 Å². The zero-order valence-corrected chi connectivity index (χ0v) is 14.6. The molecule has 3 rings (SSSR count). The number of para-hydroxylation sites is 2. The Morgan fingerprint density at radius 3 is 2.31 bits per heavy atom. The molecule has 0 amide bonds. The Bertz CT molecular complexity index is 871. The molecular formula is C19H15CoN4O2-. The fourth-order valence-electron chi connectivity index (χ4n) is 1.96. The first-order valence-corrected chi connectivity index (χ1v) is 7.94. The van der Waals surface area contributed by atoms with E-state index >= 15 is 0 Å². The number of phenolic OH excluding ortho intramolecular Hbond substituents is 1. The predicted molar refractivity (Wildman–Crippen MR) is 95.2 cm³/mol. The van der Waals surface area contributed by atoms with Crippen LogP contribution in [0, 0.1) is 6.07 Å². The molecule has 0 heterocycles. The minimum atomic E-state index is 0.0676. The zero-order chi connectivity index (χ0) is 18.6. The number of aromatic hydroxyl groups is 1. The summed E-state index contributed by atoms with van der Waals surface area (Å²) in [5, 5.41) is 22.4. The van der Waals surface area contributed by atoms with Gasteiger partial charge in [-0.25, -0.2) is 0 Å². The topological polar surface area (TPSA) is 86.4 Å². The van der Waals surface area contributed by atoms with E-state index in [1.807, 2.05) is 48.5 Å². The van der Waals surface area contributed by atoms with Gasteiger partial charge in [-0.2, -0.15) is 29.4 Å². The summed E-state index contributed by atoms with van der Waals surface area (Å²) in [5.41, 5.74) is 4.82. The molecule has 2 N–H and O–H groups in total. The van der Waals surface area contributed by atoms with Crippen LogP contribution >= 0.6 is 0 Å². The van der Waals surface area contributed by atoms with Gasteiger partial charge in [-0.15, -0.1) is 16.3 Å². The number of nitrogens with zero attached hydrogens (tertiary/aromatic N) is 3. The Kier molecular flexibility index (Phi) is 7.85. The number of benzene rings is 3. The first-order chi connectivity index (χ1) is 12.8. The third kappa shape index (κ3) is 5.73. The average Bonchev–Trinajstić information content (AvgIpc) is 2.72. The van der Waals surface area contributed by atoms with Gasteiger partial charge in [0.1, 0.15) is 11.4 Å². The summed E-state index contributed by atoms with van der Waals surface area (Å²) >= 11 is 2.31. The molecule has 0 radical (unpaired) electrons. The van der Waals surface area contributed by atoms with Gasteiger partial charge in [0.2, 0.25) is 5.84 Å². The molecular weight excluding hydrogens is 375 g/mol. The fourth-order valence-corrected chi connectivity index (χ4v) is 1.96. The van der Waals surface area contributed by atoms with Crippen molar-refractivity contribution in [2.75, 3.05) is 5.43 Å². The van der Waals surface area contributed by atoms with Gasteiger partial charge in [0.25, 0.3) is 0 Å². The minimum absolute atomic E-state index is 0.0676. The van der Waals surface area contributed by atoms with E-state index in [4.69, 9.17) is 3.87 Å². The molecule has 26 heavy (non-hydrogen) atoms. The van der Waals surface area contributed by atoms with Crippen LogP contribution in [-0.4, -0.2) is 10.9 Å². The van der Waals surface area contributed by atoms with E-state index in [0.29, 0.717) is 11.5 Å². The molecule has 0 saturated heterocycles. The number of anilines is 1. The Morgan fingerprint density at radius 2 is 1.62 bits per heavy atom. The van der Waals surface area contributed by atoms with Crippen molar-refractivity contribution in [1.82, 2.24) is 0 Å². The number of phenols is 1. The Balaban J connectivity index is 0.00000117. The van der Waals surface area contributed by atoms with Gasteiger partial charge in [-0.3, -0.25) is 0 Å². The number of rotatable bonds is 4. The second kappa shape index (κ2) is 10.6. The summed E-state index contributed by atoms with van der Waals surface area (Å²) < 4.78 is 7.94. The van der Waals surface area contributed by atoms with E-state index in [-0.39, 0.29) is 5.75 Å². The van der Waals surface area contributed by atoms with Crippen molar-refractivity contribution in [3.63, 3.8) is 0 Å². The van der Waals surface area contributed by atoms with E-state index in [9.17, 15) is 5.11 Å². The maximum absolute atomic E-state index is 9.79. The molecule has 0 unspecified atom stereocenters.